The first kappa shape index (κ1) is 12.2. The highest BCUT2D eigenvalue weighted by Crippen LogP contribution is 2.10. The van der Waals surface area contributed by atoms with Crippen molar-refractivity contribution in [2.75, 3.05) is 12.0 Å². The molecule has 0 saturated heterocycles. The Hall–Kier alpha value is -0.750. The third-order valence-corrected chi connectivity index (χ3v) is 2.36. The van der Waals surface area contributed by atoms with Gasteiger partial charge >= 0.3 is 0 Å². The highest BCUT2D eigenvalue weighted by molar-refractivity contribution is 7.98. The van der Waals surface area contributed by atoms with Crippen molar-refractivity contribution in [3.63, 3.8) is 0 Å². The number of Topliss-reactive ketones (excluding diaryl/α,β-unsaturated/α-hetero) is 1. The molecular weight excluding hydrogens is 182 g/mol. The van der Waals surface area contributed by atoms with Crippen molar-refractivity contribution in [1.29, 1.82) is 5.26 Å². The van der Waals surface area contributed by atoms with Crippen LogP contribution in [0.3, 0.4) is 0 Å². The van der Waals surface area contributed by atoms with Gasteiger partial charge in [-0.3, -0.25) is 4.79 Å². The molecule has 0 saturated carbocycles. The van der Waals surface area contributed by atoms with Crippen LogP contribution in [0.2, 0.25) is 0 Å². The summed E-state index contributed by atoms with van der Waals surface area (Å²) in [6.07, 6.45) is 5.43. The van der Waals surface area contributed by atoms with E-state index in [4.69, 9.17) is 5.26 Å². The zero-order chi connectivity index (χ0) is 10.1. The maximum Gasteiger partial charge on any atom is 0.159 e. The Morgan fingerprint density at radius 3 is 2.69 bits per heavy atom. The van der Waals surface area contributed by atoms with Crippen LogP contribution in [-0.2, 0) is 4.79 Å². The van der Waals surface area contributed by atoms with Gasteiger partial charge in [0.25, 0.3) is 0 Å². The number of carbonyl (C=O) groups excluding carboxylic acids is 1. The summed E-state index contributed by atoms with van der Waals surface area (Å²) < 4.78 is 0. The highest BCUT2D eigenvalue weighted by Gasteiger charge is 2.06. The van der Waals surface area contributed by atoms with Gasteiger partial charge in [0.1, 0.15) is 0 Å². The number of nitriles is 1. The molecule has 0 unspecified atom stereocenters. The number of nitrogens with zero attached hydrogens (tertiary/aromatic N) is 1. The fourth-order valence-electron chi connectivity index (χ4n) is 0.991. The summed E-state index contributed by atoms with van der Waals surface area (Å²) in [7, 11) is 0. The van der Waals surface area contributed by atoms with Crippen molar-refractivity contribution < 1.29 is 4.79 Å². The molecule has 0 aromatic carbocycles. The predicted molar refractivity (Wildman–Crippen MR) is 56.6 cm³/mol. The van der Waals surface area contributed by atoms with Gasteiger partial charge < -0.3 is 0 Å². The summed E-state index contributed by atoms with van der Waals surface area (Å²) in [6.45, 7) is 1.85. The van der Waals surface area contributed by atoms with Crippen LogP contribution in [0, 0.1) is 11.3 Å². The Morgan fingerprint density at radius 1 is 1.54 bits per heavy atom. The third-order valence-electron chi connectivity index (χ3n) is 1.75. The van der Waals surface area contributed by atoms with E-state index in [0.29, 0.717) is 19.3 Å². The lowest BCUT2D eigenvalue weighted by atomic mass is 10.0. The number of ketones is 1. The molecule has 13 heavy (non-hydrogen) atoms. The van der Waals surface area contributed by atoms with Crippen LogP contribution >= 0.6 is 11.8 Å². The van der Waals surface area contributed by atoms with Crippen molar-refractivity contribution in [3.05, 3.63) is 11.6 Å². The molecule has 0 radical (unpaired) electrons. The number of thioether (sulfide) groups is 1. The van der Waals surface area contributed by atoms with Crippen LogP contribution in [0.5, 0.6) is 0 Å². The van der Waals surface area contributed by atoms with Gasteiger partial charge in [0.15, 0.2) is 5.78 Å². The van der Waals surface area contributed by atoms with E-state index in [1.54, 1.807) is 11.8 Å². The maximum atomic E-state index is 11.4. The summed E-state index contributed by atoms with van der Waals surface area (Å²) in [5.74, 6) is 1.05. The van der Waals surface area contributed by atoms with Gasteiger partial charge in [0.2, 0.25) is 0 Å². The topological polar surface area (TPSA) is 40.9 Å². The zero-order valence-corrected chi connectivity index (χ0v) is 8.99. The van der Waals surface area contributed by atoms with Gasteiger partial charge in [-0.1, -0.05) is 6.08 Å². The molecule has 2 nitrogen and oxygen atoms in total. The van der Waals surface area contributed by atoms with E-state index in [1.165, 1.54) is 0 Å². The van der Waals surface area contributed by atoms with Gasteiger partial charge in [-0.05, 0) is 25.2 Å². The Balaban J connectivity index is 3.95. The van der Waals surface area contributed by atoms with Crippen molar-refractivity contribution >= 4 is 17.5 Å². The minimum atomic E-state index is 0.187. The molecular formula is C10H15NOS. The minimum absolute atomic E-state index is 0.187. The van der Waals surface area contributed by atoms with Crippen LogP contribution in [-0.4, -0.2) is 17.8 Å². The fourth-order valence-corrected chi connectivity index (χ4v) is 1.38. The molecule has 0 bridgehead atoms. The Kier molecular flexibility index (Phi) is 7.42. The molecule has 0 amide bonds. The molecule has 72 valence electrons. The molecule has 0 heterocycles. The van der Waals surface area contributed by atoms with E-state index < -0.39 is 0 Å². The lowest BCUT2D eigenvalue weighted by molar-refractivity contribution is -0.115. The first-order valence-electron chi connectivity index (χ1n) is 4.30. The van der Waals surface area contributed by atoms with Crippen LogP contribution < -0.4 is 0 Å². The van der Waals surface area contributed by atoms with Gasteiger partial charge in [0.05, 0.1) is 6.07 Å². The fraction of sp³-hybridized carbons (Fsp3) is 0.600. The standard InChI is InChI=1S/C10H15NOS/c1-3-9(5-4-7-11)10(12)6-8-13-2/h3H,4-6,8H2,1-2H3/b9-3+. The average Bonchev–Trinajstić information content (AvgIpc) is 2.16. The van der Waals surface area contributed by atoms with Gasteiger partial charge in [-0.2, -0.15) is 17.0 Å². The maximum absolute atomic E-state index is 11.4. The number of hydrogen-bond acceptors (Lipinski definition) is 3. The second-order valence-corrected chi connectivity index (χ2v) is 3.62. The predicted octanol–water partition coefficient (Wildman–Crippen LogP) is 2.56. The van der Waals surface area contributed by atoms with Crippen LogP contribution in [0.1, 0.15) is 26.2 Å². The number of carbonyl (C=O) groups is 1. The molecule has 0 aromatic rings. The molecule has 3 heteroatoms. The summed E-state index contributed by atoms with van der Waals surface area (Å²) in [4.78, 5) is 11.4. The van der Waals surface area contributed by atoms with Gasteiger partial charge in [-0.15, -0.1) is 0 Å². The van der Waals surface area contributed by atoms with Crippen LogP contribution in [0.4, 0.5) is 0 Å². The lowest BCUT2D eigenvalue weighted by Crippen LogP contribution is -2.03. The van der Waals surface area contributed by atoms with E-state index >= 15 is 0 Å². The number of allylic oxidation sites excluding steroid dienone is 2. The molecule has 0 spiro atoms. The normalized spacial score (nSPS) is 11.0. The van der Waals surface area contributed by atoms with Crippen LogP contribution in [0.25, 0.3) is 0 Å². The molecule has 0 rings (SSSR count). The summed E-state index contributed by atoms with van der Waals surface area (Å²) in [5, 5.41) is 8.38. The minimum Gasteiger partial charge on any atom is -0.295 e. The first-order chi connectivity index (χ1) is 6.26. The molecule has 0 aliphatic carbocycles. The van der Waals surface area contributed by atoms with E-state index in [-0.39, 0.29) is 5.78 Å². The summed E-state index contributed by atoms with van der Waals surface area (Å²) >= 11 is 1.67. The third kappa shape index (κ3) is 5.48. The molecule has 0 aliphatic heterocycles. The lowest BCUT2D eigenvalue weighted by Gasteiger charge is -2.02. The molecule has 0 atom stereocenters. The first-order valence-corrected chi connectivity index (χ1v) is 5.70. The molecule has 0 aromatic heterocycles. The zero-order valence-electron chi connectivity index (χ0n) is 8.17. The Bertz CT molecular complexity index is 228. The van der Waals surface area contributed by atoms with Crippen molar-refractivity contribution in [2.24, 2.45) is 0 Å². The second-order valence-electron chi connectivity index (χ2n) is 2.64. The average molecular weight is 197 g/mol. The van der Waals surface area contributed by atoms with Gasteiger partial charge in [0, 0.05) is 18.6 Å². The van der Waals surface area contributed by atoms with Crippen LogP contribution in [0.15, 0.2) is 11.6 Å². The largest absolute Gasteiger partial charge is 0.295 e. The second kappa shape index (κ2) is 7.88. The molecule has 0 N–H and O–H groups in total. The van der Waals surface area contributed by atoms with Crippen molar-refractivity contribution in [3.8, 4) is 6.07 Å². The number of rotatable bonds is 6. The monoisotopic (exact) mass is 197 g/mol. The summed E-state index contributed by atoms with van der Waals surface area (Å²) in [5.41, 5.74) is 0.801. The van der Waals surface area contributed by atoms with E-state index in [9.17, 15) is 4.79 Å². The summed E-state index contributed by atoms with van der Waals surface area (Å²) in [6, 6.07) is 2.05. The van der Waals surface area contributed by atoms with E-state index in [1.807, 2.05) is 25.3 Å². The van der Waals surface area contributed by atoms with Crippen molar-refractivity contribution in [2.45, 2.75) is 26.2 Å². The molecule has 0 aliphatic rings. The highest BCUT2D eigenvalue weighted by atomic mass is 32.2. The van der Waals surface area contributed by atoms with E-state index in [0.717, 1.165) is 11.3 Å². The Morgan fingerprint density at radius 2 is 2.23 bits per heavy atom. The Labute approximate surface area is 84.0 Å². The smallest absolute Gasteiger partial charge is 0.159 e. The SMILES string of the molecule is C/C=C(\CCC#N)C(=O)CCSC. The number of hydrogen-bond donors (Lipinski definition) is 0. The molecule has 0 fully saturated rings. The van der Waals surface area contributed by atoms with Gasteiger partial charge in [-0.25, -0.2) is 0 Å². The van der Waals surface area contributed by atoms with Crippen molar-refractivity contribution in [1.82, 2.24) is 0 Å². The quantitative estimate of drug-likeness (QED) is 0.614. The van der Waals surface area contributed by atoms with E-state index in [2.05, 4.69) is 0 Å².